The molecule has 0 aromatic heterocycles. The number of para-hydroxylation sites is 4. The molecular weight excluding hydrogens is 478 g/mol. The first-order chi connectivity index (χ1) is 17.5. The Morgan fingerprint density at radius 2 is 1.47 bits per heavy atom. The molecular formula is C27H31N3O5S. The number of nitrogens with zero attached hydrogens (tertiary/aromatic N) is 3. The van der Waals surface area contributed by atoms with Gasteiger partial charge in [-0.1, -0.05) is 42.5 Å². The van der Waals surface area contributed by atoms with E-state index in [0.717, 1.165) is 15.7 Å². The zero-order valence-corrected chi connectivity index (χ0v) is 21.4. The van der Waals surface area contributed by atoms with E-state index < -0.39 is 10.0 Å². The summed E-state index contributed by atoms with van der Waals surface area (Å²) in [5.41, 5.74) is 1.32. The molecule has 1 aliphatic rings. The van der Waals surface area contributed by atoms with E-state index in [1.165, 1.54) is 12.1 Å². The Hall–Kier alpha value is -3.72. The molecule has 0 bridgehead atoms. The van der Waals surface area contributed by atoms with Crippen LogP contribution in [0.5, 0.6) is 11.5 Å². The maximum atomic E-state index is 13.7. The van der Waals surface area contributed by atoms with E-state index >= 15 is 0 Å². The molecule has 1 aliphatic heterocycles. The second kappa shape index (κ2) is 11.3. The van der Waals surface area contributed by atoms with Gasteiger partial charge in [0.1, 0.15) is 18.0 Å². The van der Waals surface area contributed by atoms with Crippen LogP contribution in [0.3, 0.4) is 0 Å². The third kappa shape index (κ3) is 5.41. The fourth-order valence-electron chi connectivity index (χ4n) is 4.27. The summed E-state index contributed by atoms with van der Waals surface area (Å²) in [6.07, 6.45) is 0. The number of benzene rings is 3. The van der Waals surface area contributed by atoms with Gasteiger partial charge in [0, 0.05) is 26.2 Å². The minimum atomic E-state index is -4.01. The first-order valence-corrected chi connectivity index (χ1v) is 13.3. The molecule has 0 aliphatic carbocycles. The first kappa shape index (κ1) is 25.4. The van der Waals surface area contributed by atoms with E-state index in [0.29, 0.717) is 44.2 Å². The summed E-state index contributed by atoms with van der Waals surface area (Å²) in [5, 5.41) is 0. The molecule has 1 saturated heterocycles. The van der Waals surface area contributed by atoms with Crippen LogP contribution in [0.25, 0.3) is 0 Å². The van der Waals surface area contributed by atoms with Crippen molar-refractivity contribution in [3.63, 3.8) is 0 Å². The molecule has 0 spiro atoms. The topological polar surface area (TPSA) is 79.4 Å². The molecule has 0 N–H and O–H groups in total. The van der Waals surface area contributed by atoms with E-state index in [1.54, 1.807) is 54.5 Å². The molecule has 4 rings (SSSR count). The van der Waals surface area contributed by atoms with Gasteiger partial charge in [-0.25, -0.2) is 8.42 Å². The van der Waals surface area contributed by atoms with Gasteiger partial charge in [0.25, 0.3) is 10.0 Å². The van der Waals surface area contributed by atoms with Crippen LogP contribution in [0, 0.1) is 0 Å². The quantitative estimate of drug-likeness (QED) is 0.438. The maximum Gasteiger partial charge on any atom is 0.264 e. The lowest BCUT2D eigenvalue weighted by Crippen LogP contribution is -2.52. The van der Waals surface area contributed by atoms with Crippen molar-refractivity contribution in [3.05, 3.63) is 78.9 Å². The minimum absolute atomic E-state index is 0.116. The lowest BCUT2D eigenvalue weighted by Gasteiger charge is -2.37. The summed E-state index contributed by atoms with van der Waals surface area (Å²) in [4.78, 5) is 17.4. The Kier molecular flexibility index (Phi) is 8.00. The predicted molar refractivity (Wildman–Crippen MR) is 140 cm³/mol. The second-order valence-electron chi connectivity index (χ2n) is 8.27. The largest absolute Gasteiger partial charge is 0.495 e. The number of anilines is 2. The highest BCUT2D eigenvalue weighted by atomic mass is 32.2. The number of hydrogen-bond donors (Lipinski definition) is 0. The molecule has 0 saturated carbocycles. The third-order valence-corrected chi connectivity index (χ3v) is 7.88. The van der Waals surface area contributed by atoms with Crippen LogP contribution in [-0.2, 0) is 14.8 Å². The van der Waals surface area contributed by atoms with Crippen molar-refractivity contribution in [1.29, 1.82) is 0 Å². The number of hydrogen-bond acceptors (Lipinski definition) is 6. The molecule has 1 heterocycles. The summed E-state index contributed by atoms with van der Waals surface area (Å²) in [6, 6.07) is 22.8. The average Bonchev–Trinajstić information content (AvgIpc) is 2.92. The molecule has 190 valence electrons. The van der Waals surface area contributed by atoms with Crippen molar-refractivity contribution in [2.45, 2.75) is 11.8 Å². The lowest BCUT2D eigenvalue weighted by atomic mass is 10.2. The highest BCUT2D eigenvalue weighted by Crippen LogP contribution is 2.33. The van der Waals surface area contributed by atoms with Gasteiger partial charge >= 0.3 is 0 Å². The molecule has 8 nitrogen and oxygen atoms in total. The second-order valence-corrected chi connectivity index (χ2v) is 10.1. The number of ether oxygens (including phenoxy) is 2. The van der Waals surface area contributed by atoms with E-state index in [1.807, 2.05) is 31.2 Å². The Balaban J connectivity index is 1.57. The van der Waals surface area contributed by atoms with E-state index in [-0.39, 0.29) is 17.3 Å². The van der Waals surface area contributed by atoms with Crippen molar-refractivity contribution < 1.29 is 22.7 Å². The van der Waals surface area contributed by atoms with Crippen LogP contribution < -0.4 is 18.7 Å². The molecule has 3 aromatic rings. The van der Waals surface area contributed by atoms with Gasteiger partial charge < -0.3 is 19.3 Å². The summed E-state index contributed by atoms with van der Waals surface area (Å²) in [6.45, 7) is 4.07. The number of amides is 1. The average molecular weight is 510 g/mol. The molecule has 0 radical (unpaired) electrons. The Labute approximate surface area is 212 Å². The smallest absolute Gasteiger partial charge is 0.264 e. The maximum absolute atomic E-state index is 13.7. The van der Waals surface area contributed by atoms with Crippen LogP contribution in [-0.4, -0.2) is 65.7 Å². The molecule has 3 aromatic carbocycles. The van der Waals surface area contributed by atoms with Crippen LogP contribution >= 0.6 is 0 Å². The van der Waals surface area contributed by atoms with Gasteiger partial charge in [0.2, 0.25) is 5.91 Å². The van der Waals surface area contributed by atoms with Gasteiger partial charge in [-0.05, 0) is 43.3 Å². The van der Waals surface area contributed by atoms with Crippen molar-refractivity contribution in [2.24, 2.45) is 0 Å². The van der Waals surface area contributed by atoms with Gasteiger partial charge in [-0.3, -0.25) is 9.10 Å². The van der Waals surface area contributed by atoms with Crippen LogP contribution in [0.4, 0.5) is 11.4 Å². The summed E-state index contributed by atoms with van der Waals surface area (Å²) in [7, 11) is -2.37. The lowest BCUT2D eigenvalue weighted by molar-refractivity contribution is -0.129. The molecule has 1 amide bonds. The SMILES string of the molecule is CCOc1ccccc1N(CC(=O)N1CCN(c2ccccc2OC)CC1)S(=O)(=O)c1ccccc1. The van der Waals surface area contributed by atoms with Gasteiger partial charge in [-0.15, -0.1) is 0 Å². The van der Waals surface area contributed by atoms with E-state index in [9.17, 15) is 13.2 Å². The summed E-state index contributed by atoms with van der Waals surface area (Å²) < 4.78 is 39.7. The van der Waals surface area contributed by atoms with E-state index in [2.05, 4.69) is 4.90 Å². The van der Waals surface area contributed by atoms with Gasteiger partial charge in [0.15, 0.2) is 0 Å². The zero-order chi connectivity index (χ0) is 25.5. The van der Waals surface area contributed by atoms with Crippen molar-refractivity contribution in [1.82, 2.24) is 4.90 Å². The van der Waals surface area contributed by atoms with Crippen molar-refractivity contribution in [3.8, 4) is 11.5 Å². The standard InChI is InChI=1S/C27H31N3O5S/c1-3-35-26-16-10-8-14-24(26)30(36(32,33)22-11-5-4-6-12-22)21-27(31)29-19-17-28(18-20-29)23-13-7-9-15-25(23)34-2/h4-16H,3,17-21H2,1-2H3. The highest BCUT2D eigenvalue weighted by Gasteiger charge is 2.32. The Morgan fingerprint density at radius 1 is 0.861 bits per heavy atom. The van der Waals surface area contributed by atoms with Gasteiger partial charge in [-0.2, -0.15) is 0 Å². The van der Waals surface area contributed by atoms with Crippen LogP contribution in [0.2, 0.25) is 0 Å². The van der Waals surface area contributed by atoms with Crippen LogP contribution in [0.15, 0.2) is 83.8 Å². The molecule has 9 heteroatoms. The normalized spacial score (nSPS) is 13.8. The molecule has 36 heavy (non-hydrogen) atoms. The minimum Gasteiger partial charge on any atom is -0.495 e. The first-order valence-electron chi connectivity index (χ1n) is 11.9. The fraction of sp³-hybridized carbons (Fsp3) is 0.296. The van der Waals surface area contributed by atoms with Gasteiger partial charge in [0.05, 0.1) is 30.0 Å². The number of rotatable bonds is 9. The Bertz CT molecular complexity index is 1280. The monoisotopic (exact) mass is 509 g/mol. The summed E-state index contributed by atoms with van der Waals surface area (Å²) in [5.74, 6) is 0.929. The van der Waals surface area contributed by atoms with E-state index in [4.69, 9.17) is 9.47 Å². The number of methoxy groups -OCH3 is 1. The predicted octanol–water partition coefficient (Wildman–Crippen LogP) is 3.64. The number of piperazine rings is 1. The van der Waals surface area contributed by atoms with Crippen LogP contribution in [0.1, 0.15) is 6.92 Å². The third-order valence-electron chi connectivity index (χ3n) is 6.10. The fourth-order valence-corrected chi connectivity index (χ4v) is 5.72. The molecule has 1 fully saturated rings. The number of carbonyl (C=O) groups is 1. The number of carbonyl (C=O) groups excluding carboxylic acids is 1. The highest BCUT2D eigenvalue weighted by molar-refractivity contribution is 7.92. The van der Waals surface area contributed by atoms with Crippen molar-refractivity contribution >= 4 is 27.3 Å². The molecule has 0 unspecified atom stereocenters. The number of sulfonamides is 1. The Morgan fingerprint density at radius 3 is 2.14 bits per heavy atom. The zero-order valence-electron chi connectivity index (χ0n) is 20.5. The van der Waals surface area contributed by atoms with Crippen molar-refractivity contribution in [2.75, 3.05) is 55.6 Å². The summed E-state index contributed by atoms with van der Waals surface area (Å²) >= 11 is 0. The molecule has 0 atom stereocenters.